The fraction of sp³-hybridized carbons (Fsp3) is 0.0732. The van der Waals surface area contributed by atoms with Crippen molar-refractivity contribution in [3.8, 4) is 5.75 Å². The summed E-state index contributed by atoms with van der Waals surface area (Å²) in [5.74, 6) is 2.80. The lowest BCUT2D eigenvalue weighted by atomic mass is 9.87. The van der Waals surface area contributed by atoms with Gasteiger partial charge in [-0.05, 0) is 47.5 Å². The molecule has 0 amide bonds. The second kappa shape index (κ2) is 12.0. The molecule has 0 saturated heterocycles. The van der Waals surface area contributed by atoms with Crippen molar-refractivity contribution < 1.29 is 4.74 Å². The molecule has 0 radical (unpaired) electrons. The number of fused-ring (bicyclic) bond motifs is 3. The standard InChI is InChI=1S/C41H33N5O/c1-27(47-38-20-12-11-19-35(38)42)30-21-23-36-33(25-30)34-26-31(22-24-37(34)46(36)32-17-9-4-10-18-32)41-44-39(28-13-5-2-6-14-28)43-40(45-41)29-15-7-3-8-16-29/h2-26,33,36,41H,1,42H2,(H,43,44,45). The zero-order valence-corrected chi connectivity index (χ0v) is 25.7. The van der Waals surface area contributed by atoms with Crippen LogP contribution >= 0.6 is 0 Å². The van der Waals surface area contributed by atoms with Gasteiger partial charge in [0, 0.05) is 34.0 Å². The number of ether oxygens (including phenoxy) is 1. The van der Waals surface area contributed by atoms with Gasteiger partial charge in [0.15, 0.2) is 6.17 Å². The number of anilines is 3. The first-order valence-electron chi connectivity index (χ1n) is 15.8. The monoisotopic (exact) mass is 611 g/mol. The van der Waals surface area contributed by atoms with Crippen molar-refractivity contribution in [2.24, 2.45) is 9.98 Å². The topological polar surface area (TPSA) is 75.2 Å². The number of para-hydroxylation sites is 3. The number of nitrogens with one attached hydrogen (secondary N) is 1. The Bertz CT molecular complexity index is 2030. The maximum atomic E-state index is 6.18. The zero-order valence-electron chi connectivity index (χ0n) is 25.7. The summed E-state index contributed by atoms with van der Waals surface area (Å²) in [7, 11) is 0. The molecule has 5 aromatic carbocycles. The van der Waals surface area contributed by atoms with Gasteiger partial charge in [-0.1, -0.05) is 122 Å². The van der Waals surface area contributed by atoms with Crippen LogP contribution in [-0.4, -0.2) is 17.7 Å². The summed E-state index contributed by atoms with van der Waals surface area (Å²) in [4.78, 5) is 12.7. The van der Waals surface area contributed by atoms with Gasteiger partial charge in [0.05, 0.1) is 11.7 Å². The van der Waals surface area contributed by atoms with E-state index in [-0.39, 0.29) is 12.0 Å². The van der Waals surface area contributed by atoms with E-state index < -0.39 is 6.17 Å². The molecule has 0 bridgehead atoms. The van der Waals surface area contributed by atoms with Gasteiger partial charge in [0.25, 0.3) is 0 Å². The van der Waals surface area contributed by atoms with Gasteiger partial charge in [0.1, 0.15) is 23.2 Å². The third-order valence-electron chi connectivity index (χ3n) is 8.81. The van der Waals surface area contributed by atoms with E-state index in [0.717, 1.165) is 45.3 Å². The summed E-state index contributed by atoms with van der Waals surface area (Å²) in [5, 5.41) is 3.49. The van der Waals surface area contributed by atoms with Gasteiger partial charge in [0.2, 0.25) is 0 Å². The molecule has 6 nitrogen and oxygen atoms in total. The quantitative estimate of drug-likeness (QED) is 0.143. The Morgan fingerprint density at radius 2 is 1.36 bits per heavy atom. The van der Waals surface area contributed by atoms with Crippen LogP contribution in [0.4, 0.5) is 17.1 Å². The highest BCUT2D eigenvalue weighted by Gasteiger charge is 2.39. The van der Waals surface area contributed by atoms with Crippen LogP contribution in [0, 0.1) is 0 Å². The molecule has 2 unspecified atom stereocenters. The van der Waals surface area contributed by atoms with Gasteiger partial charge in [-0.25, -0.2) is 9.98 Å². The van der Waals surface area contributed by atoms with Crippen LogP contribution in [0.5, 0.6) is 5.75 Å². The number of aliphatic imine (C=N–C) groups is 2. The minimum atomic E-state index is -0.418. The molecule has 5 aromatic rings. The largest absolute Gasteiger partial charge is 0.455 e. The number of nitrogens with zero attached hydrogens (tertiary/aromatic N) is 3. The summed E-state index contributed by atoms with van der Waals surface area (Å²) in [6, 6.07) is 45.2. The van der Waals surface area contributed by atoms with Crippen LogP contribution in [0.15, 0.2) is 180 Å². The minimum Gasteiger partial charge on any atom is -0.455 e. The lowest BCUT2D eigenvalue weighted by Crippen LogP contribution is -2.36. The average molecular weight is 612 g/mol. The lowest BCUT2D eigenvalue weighted by molar-refractivity contribution is 0.442. The number of hydrogen-bond donors (Lipinski definition) is 2. The molecular formula is C41H33N5O. The van der Waals surface area contributed by atoms with Crippen molar-refractivity contribution in [1.29, 1.82) is 0 Å². The van der Waals surface area contributed by atoms with Gasteiger partial charge < -0.3 is 20.7 Å². The van der Waals surface area contributed by atoms with Crippen LogP contribution < -0.4 is 20.7 Å². The van der Waals surface area contributed by atoms with Gasteiger partial charge >= 0.3 is 0 Å². The predicted molar refractivity (Wildman–Crippen MR) is 191 cm³/mol. The Kier molecular flexibility index (Phi) is 7.23. The zero-order chi connectivity index (χ0) is 31.7. The third kappa shape index (κ3) is 5.40. The van der Waals surface area contributed by atoms with Crippen LogP contribution in [-0.2, 0) is 0 Å². The maximum absolute atomic E-state index is 6.18. The molecule has 3 aliphatic rings. The van der Waals surface area contributed by atoms with E-state index in [4.69, 9.17) is 20.5 Å². The summed E-state index contributed by atoms with van der Waals surface area (Å²) >= 11 is 0. The van der Waals surface area contributed by atoms with E-state index >= 15 is 0 Å². The van der Waals surface area contributed by atoms with E-state index in [0.29, 0.717) is 17.2 Å². The van der Waals surface area contributed by atoms with Crippen molar-refractivity contribution in [3.63, 3.8) is 0 Å². The van der Waals surface area contributed by atoms with Gasteiger partial charge in [-0.3, -0.25) is 0 Å². The van der Waals surface area contributed by atoms with E-state index in [1.807, 2.05) is 66.7 Å². The number of hydrogen-bond acceptors (Lipinski definition) is 6. The molecule has 0 spiro atoms. The van der Waals surface area contributed by atoms with E-state index in [2.05, 4.69) is 102 Å². The number of nitrogens with two attached hydrogens (primary N) is 1. The van der Waals surface area contributed by atoms with Crippen molar-refractivity contribution in [1.82, 2.24) is 5.32 Å². The summed E-state index contributed by atoms with van der Waals surface area (Å²) < 4.78 is 6.16. The summed E-state index contributed by atoms with van der Waals surface area (Å²) in [5.41, 5.74) is 14.2. The van der Waals surface area contributed by atoms with Crippen molar-refractivity contribution >= 4 is 28.7 Å². The molecular weight excluding hydrogens is 578 g/mol. The smallest absolute Gasteiger partial charge is 0.169 e. The Balaban J connectivity index is 1.21. The van der Waals surface area contributed by atoms with Crippen molar-refractivity contribution in [3.05, 3.63) is 192 Å². The van der Waals surface area contributed by atoms with Crippen LogP contribution in [0.3, 0.4) is 0 Å². The average Bonchev–Trinajstić information content (AvgIpc) is 3.46. The van der Waals surface area contributed by atoms with E-state index in [1.165, 1.54) is 5.56 Å². The minimum absolute atomic E-state index is 0.0514. The molecule has 2 aliphatic heterocycles. The number of amidine groups is 2. The second-order valence-electron chi connectivity index (χ2n) is 11.8. The van der Waals surface area contributed by atoms with E-state index in [1.54, 1.807) is 0 Å². The molecule has 47 heavy (non-hydrogen) atoms. The first-order valence-corrected chi connectivity index (χ1v) is 15.8. The van der Waals surface area contributed by atoms with Gasteiger partial charge in [-0.15, -0.1) is 0 Å². The van der Waals surface area contributed by atoms with Crippen LogP contribution in [0.1, 0.15) is 34.3 Å². The molecule has 2 atom stereocenters. The highest BCUT2D eigenvalue weighted by molar-refractivity contribution is 6.15. The Morgan fingerprint density at radius 3 is 2.02 bits per heavy atom. The molecule has 2 heterocycles. The van der Waals surface area contributed by atoms with Gasteiger partial charge in [-0.2, -0.15) is 0 Å². The first kappa shape index (κ1) is 28.3. The normalized spacial score (nSPS) is 18.3. The first-order chi connectivity index (χ1) is 23.1. The Morgan fingerprint density at radius 1 is 0.745 bits per heavy atom. The summed E-state index contributed by atoms with van der Waals surface area (Å²) in [6.07, 6.45) is 6.19. The molecule has 3 N–H and O–H groups in total. The molecule has 6 heteroatoms. The van der Waals surface area contributed by atoms with Crippen LogP contribution in [0.25, 0.3) is 0 Å². The maximum Gasteiger partial charge on any atom is 0.169 e. The SMILES string of the molecule is C=C(Oc1ccccc1N)C1=CC2c3cc(C4N=C(c5ccccc5)NC(c5ccccc5)=N4)ccc3N(c3ccccc3)C2C=C1. The molecule has 0 fully saturated rings. The number of rotatable bonds is 7. The Labute approximate surface area is 274 Å². The van der Waals surface area contributed by atoms with Crippen LogP contribution in [0.2, 0.25) is 0 Å². The molecule has 1 aliphatic carbocycles. The fourth-order valence-electron chi connectivity index (χ4n) is 6.51. The number of allylic oxidation sites excluding steroid dienone is 1. The second-order valence-corrected chi connectivity index (χ2v) is 11.8. The molecule has 8 rings (SSSR count). The number of nitrogen functional groups attached to an aromatic ring is 1. The summed E-state index contributed by atoms with van der Waals surface area (Å²) in [6.45, 7) is 4.27. The highest BCUT2D eigenvalue weighted by Crippen LogP contribution is 2.49. The van der Waals surface area contributed by atoms with Crippen molar-refractivity contribution in [2.75, 3.05) is 10.6 Å². The molecule has 0 saturated carbocycles. The van der Waals surface area contributed by atoms with Crippen molar-refractivity contribution in [2.45, 2.75) is 18.1 Å². The predicted octanol–water partition coefficient (Wildman–Crippen LogP) is 8.46. The fourth-order valence-corrected chi connectivity index (χ4v) is 6.51. The molecule has 228 valence electrons. The highest BCUT2D eigenvalue weighted by atomic mass is 16.5. The third-order valence-corrected chi connectivity index (χ3v) is 8.81. The Hall–Kier alpha value is -6.14. The number of benzene rings is 5. The lowest BCUT2D eigenvalue weighted by Gasteiger charge is -2.29. The van der Waals surface area contributed by atoms with E-state index in [9.17, 15) is 0 Å². The molecule has 0 aromatic heterocycles.